The summed E-state index contributed by atoms with van der Waals surface area (Å²) in [5, 5.41) is 3.21. The van der Waals surface area contributed by atoms with Gasteiger partial charge in [0.15, 0.2) is 11.2 Å². The topological polar surface area (TPSA) is 68.3 Å². The number of nitrogens with one attached hydrogen (secondary N) is 1. The number of carbonyl (C=O) groups excluding carboxylic acids is 2. The summed E-state index contributed by atoms with van der Waals surface area (Å²) in [4.78, 5) is 28.8. The lowest BCUT2D eigenvalue weighted by Gasteiger charge is -2.12. The van der Waals surface area contributed by atoms with Gasteiger partial charge in [-0.05, 0) is 33.1 Å². The number of amides is 1. The molecule has 1 amide bonds. The Bertz CT molecular complexity index is 492. The zero-order valence-corrected chi connectivity index (χ0v) is 12.3. The fourth-order valence-electron chi connectivity index (χ4n) is 1.70. The van der Waals surface area contributed by atoms with Crippen LogP contribution >= 0.6 is 11.3 Å². The molecular formula is C13H18N2O3S. The lowest BCUT2D eigenvalue weighted by molar-refractivity contribution is -0.154. The van der Waals surface area contributed by atoms with Crippen molar-refractivity contribution < 1.29 is 14.3 Å². The van der Waals surface area contributed by atoms with E-state index in [2.05, 4.69) is 10.3 Å². The number of ether oxygens (including phenoxy) is 1. The molecule has 0 aliphatic heterocycles. The number of aryl methyl sites for hydroxylation is 2. The van der Waals surface area contributed by atoms with Gasteiger partial charge in [0.05, 0.1) is 11.6 Å². The van der Waals surface area contributed by atoms with Crippen molar-refractivity contribution in [2.24, 2.45) is 11.8 Å². The van der Waals surface area contributed by atoms with Gasteiger partial charge in [-0.25, -0.2) is 4.98 Å². The Hall–Kier alpha value is -1.43. The third-order valence-electron chi connectivity index (χ3n) is 3.33. The van der Waals surface area contributed by atoms with Crippen LogP contribution < -0.4 is 5.32 Å². The first-order chi connectivity index (χ1) is 8.88. The van der Waals surface area contributed by atoms with Gasteiger partial charge in [-0.15, -0.1) is 11.3 Å². The zero-order valence-electron chi connectivity index (χ0n) is 11.5. The normalized spacial score (nSPS) is 22.7. The number of esters is 1. The average Bonchev–Trinajstić information content (AvgIpc) is 2.97. The van der Waals surface area contributed by atoms with Crippen LogP contribution in [0.4, 0.5) is 5.13 Å². The molecule has 0 unspecified atom stereocenters. The molecule has 19 heavy (non-hydrogen) atoms. The summed E-state index contributed by atoms with van der Waals surface area (Å²) in [7, 11) is 0. The maximum atomic E-state index is 11.9. The highest BCUT2D eigenvalue weighted by atomic mass is 32.1. The Labute approximate surface area is 116 Å². The summed E-state index contributed by atoms with van der Waals surface area (Å²) in [6.45, 7) is 7.41. The molecule has 0 aromatic carbocycles. The molecule has 0 saturated heterocycles. The van der Waals surface area contributed by atoms with Gasteiger partial charge in [-0.1, -0.05) is 6.92 Å². The maximum absolute atomic E-state index is 11.9. The van der Waals surface area contributed by atoms with E-state index in [-0.39, 0.29) is 17.8 Å². The molecule has 1 fully saturated rings. The molecule has 5 nitrogen and oxygen atoms in total. The van der Waals surface area contributed by atoms with E-state index in [4.69, 9.17) is 4.74 Å². The van der Waals surface area contributed by atoms with Crippen LogP contribution in [-0.2, 0) is 14.3 Å². The van der Waals surface area contributed by atoms with Crippen LogP contribution in [0.1, 0.15) is 30.8 Å². The molecule has 1 heterocycles. The molecule has 0 bridgehead atoms. The van der Waals surface area contributed by atoms with Gasteiger partial charge >= 0.3 is 5.97 Å². The van der Waals surface area contributed by atoms with Crippen molar-refractivity contribution >= 4 is 28.3 Å². The first-order valence-corrected chi connectivity index (χ1v) is 7.15. The SMILES string of the molecule is Cc1nc(NC(=O)[C@H](C)OC(=O)[C@H]2C[C@@H]2C)sc1C. The number of hydrogen-bond donors (Lipinski definition) is 1. The quantitative estimate of drug-likeness (QED) is 0.860. The van der Waals surface area contributed by atoms with E-state index in [1.165, 1.54) is 11.3 Å². The second-order valence-corrected chi connectivity index (χ2v) is 6.25. The monoisotopic (exact) mass is 282 g/mol. The van der Waals surface area contributed by atoms with Crippen LogP contribution in [0.15, 0.2) is 0 Å². The molecule has 1 aliphatic rings. The van der Waals surface area contributed by atoms with Gasteiger partial charge in [0.1, 0.15) is 0 Å². The van der Waals surface area contributed by atoms with Gasteiger partial charge < -0.3 is 4.74 Å². The number of hydrogen-bond acceptors (Lipinski definition) is 5. The minimum atomic E-state index is -0.787. The van der Waals surface area contributed by atoms with Crippen molar-refractivity contribution in [2.75, 3.05) is 5.32 Å². The van der Waals surface area contributed by atoms with Gasteiger partial charge in [0.2, 0.25) is 0 Å². The summed E-state index contributed by atoms with van der Waals surface area (Å²) < 4.78 is 5.14. The van der Waals surface area contributed by atoms with Crippen molar-refractivity contribution in [2.45, 2.75) is 40.2 Å². The lowest BCUT2D eigenvalue weighted by Crippen LogP contribution is -2.30. The van der Waals surface area contributed by atoms with Crippen molar-refractivity contribution in [1.29, 1.82) is 0 Å². The van der Waals surface area contributed by atoms with Crippen molar-refractivity contribution in [3.8, 4) is 0 Å². The minimum absolute atomic E-state index is 0.0281. The maximum Gasteiger partial charge on any atom is 0.309 e. The molecule has 3 atom stereocenters. The number of rotatable bonds is 4. The largest absolute Gasteiger partial charge is 0.452 e. The van der Waals surface area contributed by atoms with E-state index in [1.807, 2.05) is 20.8 Å². The predicted octanol–water partition coefficient (Wildman–Crippen LogP) is 2.29. The van der Waals surface area contributed by atoms with Crippen LogP contribution in [0.2, 0.25) is 0 Å². The third-order valence-corrected chi connectivity index (χ3v) is 4.32. The molecule has 1 N–H and O–H groups in total. The summed E-state index contributed by atoms with van der Waals surface area (Å²) in [6.07, 6.45) is 0.0720. The van der Waals surface area contributed by atoms with E-state index in [9.17, 15) is 9.59 Å². The van der Waals surface area contributed by atoms with Crippen LogP contribution in [0, 0.1) is 25.7 Å². The highest BCUT2D eigenvalue weighted by molar-refractivity contribution is 7.15. The fourth-order valence-corrected chi connectivity index (χ4v) is 2.52. The summed E-state index contributed by atoms with van der Waals surface area (Å²) >= 11 is 1.41. The number of nitrogens with zero attached hydrogens (tertiary/aromatic N) is 1. The Morgan fingerprint density at radius 1 is 1.47 bits per heavy atom. The third kappa shape index (κ3) is 3.32. The van der Waals surface area contributed by atoms with Crippen LogP contribution in [-0.4, -0.2) is 23.0 Å². The summed E-state index contributed by atoms with van der Waals surface area (Å²) in [5.74, 6) is -0.260. The molecule has 104 valence electrons. The molecule has 1 saturated carbocycles. The van der Waals surface area contributed by atoms with Gasteiger partial charge in [0, 0.05) is 4.88 Å². The predicted molar refractivity (Wildman–Crippen MR) is 73.0 cm³/mol. The zero-order chi connectivity index (χ0) is 14.2. The van der Waals surface area contributed by atoms with Crippen molar-refractivity contribution in [1.82, 2.24) is 4.98 Å². The average molecular weight is 282 g/mol. The Kier molecular flexibility index (Phi) is 3.89. The molecule has 2 rings (SSSR count). The van der Waals surface area contributed by atoms with Crippen LogP contribution in [0.25, 0.3) is 0 Å². The number of thiazole rings is 1. The molecule has 6 heteroatoms. The molecular weight excluding hydrogens is 264 g/mol. The van der Waals surface area contributed by atoms with Gasteiger partial charge in [0.25, 0.3) is 5.91 Å². The van der Waals surface area contributed by atoms with Crippen LogP contribution in [0.3, 0.4) is 0 Å². The van der Waals surface area contributed by atoms with E-state index in [0.717, 1.165) is 17.0 Å². The summed E-state index contributed by atoms with van der Waals surface area (Å²) in [6, 6.07) is 0. The molecule has 0 spiro atoms. The van der Waals surface area contributed by atoms with Gasteiger partial charge in [-0.2, -0.15) is 0 Å². The number of anilines is 1. The molecule has 1 aromatic heterocycles. The Balaban J connectivity index is 1.87. The second kappa shape index (κ2) is 5.28. The second-order valence-electron chi connectivity index (χ2n) is 5.05. The summed E-state index contributed by atoms with van der Waals surface area (Å²) in [5.41, 5.74) is 0.900. The highest BCUT2D eigenvalue weighted by Gasteiger charge is 2.41. The number of carbonyl (C=O) groups is 2. The van der Waals surface area contributed by atoms with E-state index < -0.39 is 6.10 Å². The Morgan fingerprint density at radius 3 is 2.58 bits per heavy atom. The molecule has 1 aromatic rings. The first-order valence-electron chi connectivity index (χ1n) is 6.34. The molecule has 1 aliphatic carbocycles. The molecule has 0 radical (unpaired) electrons. The standard InChI is InChI=1S/C13H18N2O3S/c1-6-5-10(6)12(17)18-8(3)11(16)15-13-14-7(2)9(4)19-13/h6,8,10H,5H2,1-4H3,(H,14,15,16)/t6-,8-,10-/m0/s1. The van der Waals surface area contributed by atoms with Gasteiger partial charge in [-0.3, -0.25) is 14.9 Å². The van der Waals surface area contributed by atoms with E-state index in [0.29, 0.717) is 11.0 Å². The fraction of sp³-hybridized carbons (Fsp3) is 0.615. The smallest absolute Gasteiger partial charge is 0.309 e. The van der Waals surface area contributed by atoms with Crippen LogP contribution in [0.5, 0.6) is 0 Å². The van der Waals surface area contributed by atoms with Crippen molar-refractivity contribution in [3.63, 3.8) is 0 Å². The highest BCUT2D eigenvalue weighted by Crippen LogP contribution is 2.38. The van der Waals surface area contributed by atoms with E-state index >= 15 is 0 Å². The lowest BCUT2D eigenvalue weighted by atomic mass is 10.3. The Morgan fingerprint density at radius 2 is 2.11 bits per heavy atom. The number of aromatic nitrogens is 1. The van der Waals surface area contributed by atoms with E-state index in [1.54, 1.807) is 6.92 Å². The van der Waals surface area contributed by atoms with Crippen molar-refractivity contribution in [3.05, 3.63) is 10.6 Å². The first kappa shape index (κ1) is 14.0. The minimum Gasteiger partial charge on any atom is -0.452 e.